The van der Waals surface area contributed by atoms with Crippen molar-refractivity contribution in [2.24, 2.45) is 5.92 Å². The third-order valence-electron chi connectivity index (χ3n) is 4.78. The van der Waals surface area contributed by atoms with Gasteiger partial charge < -0.3 is 14.7 Å². The van der Waals surface area contributed by atoms with Gasteiger partial charge in [0.25, 0.3) is 5.91 Å². The van der Waals surface area contributed by atoms with E-state index in [-0.39, 0.29) is 18.6 Å². The van der Waals surface area contributed by atoms with Crippen LogP contribution < -0.4 is 0 Å². The van der Waals surface area contributed by atoms with Crippen molar-refractivity contribution >= 4 is 5.91 Å². The standard InChI is InChI=1S/C22H27NO3/c1-16(2)14-17-8-10-19(11-9-17)22(25)23-12-13-26-20(15-24)21(23)18-6-4-3-5-7-18/h3-11,16,20-21,24H,12-15H2,1-2H3/t20-,21-/m1/s1. The first-order valence-electron chi connectivity index (χ1n) is 9.27. The van der Waals surface area contributed by atoms with Crippen molar-refractivity contribution in [1.29, 1.82) is 0 Å². The van der Waals surface area contributed by atoms with E-state index >= 15 is 0 Å². The summed E-state index contributed by atoms with van der Waals surface area (Å²) < 4.78 is 5.73. The fourth-order valence-electron chi connectivity index (χ4n) is 3.58. The predicted molar refractivity (Wildman–Crippen MR) is 102 cm³/mol. The lowest BCUT2D eigenvalue weighted by atomic mass is 9.96. The highest BCUT2D eigenvalue weighted by Crippen LogP contribution is 2.30. The van der Waals surface area contributed by atoms with Crippen molar-refractivity contribution in [2.75, 3.05) is 19.8 Å². The smallest absolute Gasteiger partial charge is 0.254 e. The fourth-order valence-corrected chi connectivity index (χ4v) is 3.58. The molecule has 1 saturated heterocycles. The van der Waals surface area contributed by atoms with Gasteiger partial charge in [-0.3, -0.25) is 4.79 Å². The van der Waals surface area contributed by atoms with E-state index in [9.17, 15) is 9.90 Å². The number of hydrogen-bond donors (Lipinski definition) is 1. The van der Waals surface area contributed by atoms with Crippen LogP contribution in [0.15, 0.2) is 54.6 Å². The van der Waals surface area contributed by atoms with Gasteiger partial charge in [0.15, 0.2) is 0 Å². The average Bonchev–Trinajstić information content (AvgIpc) is 2.67. The SMILES string of the molecule is CC(C)Cc1ccc(C(=O)N2CCO[C@H](CO)[C@H]2c2ccccc2)cc1. The Kier molecular flexibility index (Phi) is 6.07. The van der Waals surface area contributed by atoms with Gasteiger partial charge in [0, 0.05) is 12.1 Å². The van der Waals surface area contributed by atoms with Crippen LogP contribution >= 0.6 is 0 Å². The number of morpholine rings is 1. The molecular weight excluding hydrogens is 326 g/mol. The lowest BCUT2D eigenvalue weighted by molar-refractivity contribution is -0.0811. The van der Waals surface area contributed by atoms with Gasteiger partial charge in [0.05, 0.1) is 19.3 Å². The van der Waals surface area contributed by atoms with Crippen LogP contribution in [0.3, 0.4) is 0 Å². The molecule has 4 heteroatoms. The number of ether oxygens (including phenoxy) is 1. The van der Waals surface area contributed by atoms with E-state index in [2.05, 4.69) is 13.8 Å². The van der Waals surface area contributed by atoms with Gasteiger partial charge in [0.2, 0.25) is 0 Å². The normalized spacial score (nSPS) is 20.4. The third-order valence-corrected chi connectivity index (χ3v) is 4.78. The summed E-state index contributed by atoms with van der Waals surface area (Å²) in [5, 5.41) is 9.75. The first kappa shape index (κ1) is 18.6. The van der Waals surface area contributed by atoms with Crippen molar-refractivity contribution in [2.45, 2.75) is 32.4 Å². The van der Waals surface area contributed by atoms with Crippen molar-refractivity contribution in [3.05, 3.63) is 71.3 Å². The molecule has 3 rings (SSSR count). The third kappa shape index (κ3) is 4.14. The van der Waals surface area contributed by atoms with Crippen LogP contribution in [0.5, 0.6) is 0 Å². The van der Waals surface area contributed by atoms with Crippen molar-refractivity contribution in [3.8, 4) is 0 Å². The molecule has 0 radical (unpaired) electrons. The van der Waals surface area contributed by atoms with Crippen LogP contribution in [0.1, 0.15) is 41.4 Å². The molecule has 26 heavy (non-hydrogen) atoms. The van der Waals surface area contributed by atoms with Crippen molar-refractivity contribution in [3.63, 3.8) is 0 Å². The minimum Gasteiger partial charge on any atom is -0.394 e. The maximum absolute atomic E-state index is 13.2. The zero-order valence-corrected chi connectivity index (χ0v) is 15.5. The van der Waals surface area contributed by atoms with Crippen LogP contribution in [-0.4, -0.2) is 41.8 Å². The summed E-state index contributed by atoms with van der Waals surface area (Å²) >= 11 is 0. The Labute approximate surface area is 155 Å². The highest BCUT2D eigenvalue weighted by molar-refractivity contribution is 5.94. The van der Waals surface area contributed by atoms with Crippen molar-refractivity contribution < 1.29 is 14.6 Å². The Morgan fingerprint density at radius 1 is 1.15 bits per heavy atom. The Bertz CT molecular complexity index is 712. The Balaban J connectivity index is 1.86. The van der Waals surface area contributed by atoms with Gasteiger partial charge in [-0.1, -0.05) is 56.3 Å². The number of carbonyl (C=O) groups excluding carboxylic acids is 1. The van der Waals surface area contributed by atoms with Crippen LogP contribution in [0.2, 0.25) is 0 Å². The molecule has 1 amide bonds. The summed E-state index contributed by atoms with van der Waals surface area (Å²) in [6.45, 7) is 5.21. The minimum absolute atomic E-state index is 0.0169. The maximum Gasteiger partial charge on any atom is 0.254 e. The predicted octanol–water partition coefficient (Wildman–Crippen LogP) is 3.46. The molecule has 138 valence electrons. The first-order valence-corrected chi connectivity index (χ1v) is 9.27. The number of aliphatic hydroxyl groups excluding tert-OH is 1. The molecule has 0 saturated carbocycles. The molecule has 0 spiro atoms. The van der Waals surface area contributed by atoms with E-state index in [0.29, 0.717) is 24.6 Å². The summed E-state index contributed by atoms with van der Waals surface area (Å²) in [6, 6.07) is 17.4. The van der Waals surface area contributed by atoms with E-state index in [1.165, 1.54) is 5.56 Å². The second-order valence-electron chi connectivity index (χ2n) is 7.24. The molecule has 4 nitrogen and oxygen atoms in total. The molecule has 1 aliphatic heterocycles. The molecule has 1 fully saturated rings. The number of hydrogen-bond acceptors (Lipinski definition) is 3. The Hall–Kier alpha value is -2.17. The van der Waals surface area contributed by atoms with E-state index in [4.69, 9.17) is 4.74 Å². The quantitative estimate of drug-likeness (QED) is 0.896. The van der Waals surface area contributed by atoms with Crippen molar-refractivity contribution in [1.82, 2.24) is 4.90 Å². The number of nitrogens with zero attached hydrogens (tertiary/aromatic N) is 1. The lowest BCUT2D eigenvalue weighted by Crippen LogP contribution is -2.49. The molecule has 2 atom stereocenters. The Morgan fingerprint density at radius 3 is 2.46 bits per heavy atom. The first-order chi connectivity index (χ1) is 12.6. The number of amides is 1. The fraction of sp³-hybridized carbons (Fsp3) is 0.409. The largest absolute Gasteiger partial charge is 0.394 e. The number of rotatable bonds is 5. The molecule has 1 N–H and O–H groups in total. The van der Waals surface area contributed by atoms with Gasteiger partial charge in [-0.25, -0.2) is 0 Å². The van der Waals surface area contributed by atoms with Crippen LogP contribution in [0, 0.1) is 5.92 Å². The van der Waals surface area contributed by atoms with Gasteiger partial charge in [-0.2, -0.15) is 0 Å². The van der Waals surface area contributed by atoms with Crippen LogP contribution in [-0.2, 0) is 11.2 Å². The molecule has 1 heterocycles. The summed E-state index contributed by atoms with van der Waals surface area (Å²) in [5.74, 6) is 0.570. The molecule has 2 aromatic carbocycles. The second-order valence-corrected chi connectivity index (χ2v) is 7.24. The molecule has 2 aromatic rings. The van der Waals surface area contributed by atoms with Gasteiger partial charge >= 0.3 is 0 Å². The van der Waals surface area contributed by atoms with E-state index in [0.717, 1.165) is 12.0 Å². The molecule has 0 bridgehead atoms. The summed E-state index contributed by atoms with van der Waals surface area (Å²) in [5.41, 5.74) is 2.90. The van der Waals surface area contributed by atoms with Gasteiger partial charge in [-0.15, -0.1) is 0 Å². The highest BCUT2D eigenvalue weighted by atomic mass is 16.5. The lowest BCUT2D eigenvalue weighted by Gasteiger charge is -2.41. The zero-order valence-electron chi connectivity index (χ0n) is 15.5. The number of benzene rings is 2. The summed E-state index contributed by atoms with van der Waals surface area (Å²) in [4.78, 5) is 15.0. The number of aliphatic hydroxyl groups is 1. The van der Waals surface area contributed by atoms with E-state index < -0.39 is 6.10 Å². The monoisotopic (exact) mass is 353 g/mol. The molecule has 0 aliphatic carbocycles. The van der Waals surface area contributed by atoms with Crippen LogP contribution in [0.4, 0.5) is 0 Å². The zero-order chi connectivity index (χ0) is 18.5. The minimum atomic E-state index is -0.407. The maximum atomic E-state index is 13.2. The number of carbonyl (C=O) groups is 1. The summed E-state index contributed by atoms with van der Waals surface area (Å²) in [7, 11) is 0. The second kappa shape index (κ2) is 8.47. The highest BCUT2D eigenvalue weighted by Gasteiger charge is 2.36. The molecule has 0 aromatic heterocycles. The topological polar surface area (TPSA) is 49.8 Å². The van der Waals surface area contributed by atoms with E-state index in [1.54, 1.807) is 0 Å². The summed E-state index contributed by atoms with van der Waals surface area (Å²) in [6.07, 6.45) is 0.598. The van der Waals surface area contributed by atoms with Gasteiger partial charge in [-0.05, 0) is 35.6 Å². The molecule has 0 unspecified atom stereocenters. The Morgan fingerprint density at radius 2 is 1.85 bits per heavy atom. The van der Waals surface area contributed by atoms with E-state index in [1.807, 2.05) is 59.5 Å². The molecule has 1 aliphatic rings. The molecular formula is C22H27NO3. The van der Waals surface area contributed by atoms with Gasteiger partial charge in [0.1, 0.15) is 6.10 Å². The average molecular weight is 353 g/mol. The van der Waals surface area contributed by atoms with Crippen LogP contribution in [0.25, 0.3) is 0 Å².